The van der Waals surface area contributed by atoms with E-state index in [9.17, 15) is 0 Å². The van der Waals surface area contributed by atoms with Crippen LogP contribution in [0.15, 0.2) is 0 Å². The van der Waals surface area contributed by atoms with Crippen LogP contribution in [0.4, 0.5) is 0 Å². The van der Waals surface area contributed by atoms with Gasteiger partial charge in [0.15, 0.2) is 0 Å². The molecule has 2 unspecified atom stereocenters. The molecule has 11 heavy (non-hydrogen) atoms. The van der Waals surface area contributed by atoms with E-state index in [1.165, 1.54) is 25.8 Å². The van der Waals surface area contributed by atoms with Gasteiger partial charge in [-0.2, -0.15) is 0 Å². The molecular formula is C9H19NO. The van der Waals surface area contributed by atoms with Gasteiger partial charge in [-0.3, -0.25) is 0 Å². The normalized spacial score (nSPS) is 35.2. The average Bonchev–Trinajstić information content (AvgIpc) is 2.15. The minimum atomic E-state index is 0.495. The minimum Gasteiger partial charge on any atom is -0.381 e. The van der Waals surface area contributed by atoms with E-state index < -0.39 is 0 Å². The highest BCUT2D eigenvalue weighted by molar-refractivity contribution is 4.74. The van der Waals surface area contributed by atoms with Gasteiger partial charge in [0, 0.05) is 13.2 Å². The molecule has 0 aromatic heterocycles. The fraction of sp³-hybridized carbons (Fsp3) is 1.00. The Kier molecular flexibility index (Phi) is 3.34. The van der Waals surface area contributed by atoms with Crippen LogP contribution in [0.3, 0.4) is 0 Å². The van der Waals surface area contributed by atoms with Crippen molar-refractivity contribution in [2.45, 2.75) is 38.3 Å². The van der Waals surface area contributed by atoms with Crippen LogP contribution in [-0.2, 0) is 4.74 Å². The summed E-state index contributed by atoms with van der Waals surface area (Å²) in [4.78, 5) is 2.42. The van der Waals surface area contributed by atoms with Crippen LogP contribution < -0.4 is 0 Å². The van der Waals surface area contributed by atoms with Gasteiger partial charge in [-0.15, -0.1) is 0 Å². The molecule has 2 atom stereocenters. The number of hydrogen-bond donors (Lipinski definition) is 0. The number of likely N-dealkylation sites (tertiary alicyclic amines) is 1. The summed E-state index contributed by atoms with van der Waals surface area (Å²) in [6, 6.07) is 0.683. The van der Waals surface area contributed by atoms with Gasteiger partial charge in [0.25, 0.3) is 0 Å². The molecule has 1 saturated heterocycles. The lowest BCUT2D eigenvalue weighted by atomic mass is 10.1. The predicted molar refractivity (Wildman–Crippen MR) is 46.7 cm³/mol. The number of rotatable bonds is 1. The molecule has 0 aliphatic carbocycles. The van der Waals surface area contributed by atoms with Gasteiger partial charge >= 0.3 is 0 Å². The van der Waals surface area contributed by atoms with Crippen molar-refractivity contribution in [3.05, 3.63) is 0 Å². The Morgan fingerprint density at radius 2 is 2.18 bits per heavy atom. The Hall–Kier alpha value is -0.0800. The van der Waals surface area contributed by atoms with Crippen molar-refractivity contribution in [3.63, 3.8) is 0 Å². The third-order valence-electron chi connectivity index (χ3n) is 2.73. The van der Waals surface area contributed by atoms with Crippen LogP contribution in [0.1, 0.15) is 26.2 Å². The monoisotopic (exact) mass is 157 g/mol. The molecule has 2 heteroatoms. The highest BCUT2D eigenvalue weighted by atomic mass is 16.5. The van der Waals surface area contributed by atoms with Crippen LogP contribution in [0.2, 0.25) is 0 Å². The van der Waals surface area contributed by atoms with Crippen molar-refractivity contribution < 1.29 is 4.74 Å². The van der Waals surface area contributed by atoms with Crippen molar-refractivity contribution in [3.8, 4) is 0 Å². The first-order valence-corrected chi connectivity index (χ1v) is 4.47. The van der Waals surface area contributed by atoms with Crippen molar-refractivity contribution in [1.82, 2.24) is 4.90 Å². The molecule has 0 aromatic carbocycles. The van der Waals surface area contributed by atoms with Crippen molar-refractivity contribution >= 4 is 0 Å². The molecule has 0 aromatic rings. The molecule has 0 bridgehead atoms. The maximum atomic E-state index is 5.36. The lowest BCUT2D eigenvalue weighted by Gasteiger charge is -2.22. The second kappa shape index (κ2) is 4.07. The van der Waals surface area contributed by atoms with Crippen molar-refractivity contribution in [2.75, 3.05) is 20.7 Å². The van der Waals surface area contributed by atoms with Gasteiger partial charge in [-0.1, -0.05) is 0 Å². The molecule has 1 rings (SSSR count). The van der Waals surface area contributed by atoms with E-state index in [2.05, 4.69) is 18.9 Å². The van der Waals surface area contributed by atoms with Gasteiger partial charge in [0.05, 0.1) is 6.10 Å². The molecule has 1 heterocycles. The second-order valence-corrected chi connectivity index (χ2v) is 3.57. The van der Waals surface area contributed by atoms with Gasteiger partial charge in [0.1, 0.15) is 0 Å². The van der Waals surface area contributed by atoms with Crippen molar-refractivity contribution in [1.29, 1.82) is 0 Å². The van der Waals surface area contributed by atoms with Crippen LogP contribution >= 0.6 is 0 Å². The number of methoxy groups -OCH3 is 1. The summed E-state index contributed by atoms with van der Waals surface area (Å²) in [5.41, 5.74) is 0. The van der Waals surface area contributed by atoms with Gasteiger partial charge in [-0.25, -0.2) is 0 Å². The zero-order chi connectivity index (χ0) is 8.27. The first-order chi connectivity index (χ1) is 5.24. The Morgan fingerprint density at radius 1 is 1.45 bits per heavy atom. The standard InChI is InChI=1S/C9H19NO/c1-8-7-9(11-3)5-4-6-10(8)2/h8-9H,4-7H2,1-3H3. The maximum Gasteiger partial charge on any atom is 0.0586 e. The van der Waals surface area contributed by atoms with Crippen LogP contribution in [0.5, 0.6) is 0 Å². The van der Waals surface area contributed by atoms with Crippen LogP contribution in [0.25, 0.3) is 0 Å². The van der Waals surface area contributed by atoms with E-state index >= 15 is 0 Å². The number of hydrogen-bond acceptors (Lipinski definition) is 2. The molecule has 0 amide bonds. The SMILES string of the molecule is COC1CCCN(C)C(C)C1. The summed E-state index contributed by atoms with van der Waals surface area (Å²) >= 11 is 0. The summed E-state index contributed by atoms with van der Waals surface area (Å²) in [5, 5.41) is 0. The zero-order valence-electron chi connectivity index (χ0n) is 7.84. The Morgan fingerprint density at radius 3 is 2.82 bits per heavy atom. The zero-order valence-corrected chi connectivity index (χ0v) is 7.84. The summed E-state index contributed by atoms with van der Waals surface area (Å²) < 4.78 is 5.36. The van der Waals surface area contributed by atoms with E-state index in [4.69, 9.17) is 4.74 Å². The highest BCUT2D eigenvalue weighted by Gasteiger charge is 2.19. The minimum absolute atomic E-state index is 0.495. The second-order valence-electron chi connectivity index (χ2n) is 3.57. The largest absolute Gasteiger partial charge is 0.381 e. The van der Waals surface area contributed by atoms with E-state index in [-0.39, 0.29) is 0 Å². The maximum absolute atomic E-state index is 5.36. The van der Waals surface area contributed by atoms with E-state index in [1.54, 1.807) is 0 Å². The van der Waals surface area contributed by atoms with Gasteiger partial charge in [0.2, 0.25) is 0 Å². The molecular weight excluding hydrogens is 138 g/mol. The summed E-state index contributed by atoms with van der Waals surface area (Å²) in [5.74, 6) is 0. The fourth-order valence-corrected chi connectivity index (χ4v) is 1.68. The number of ether oxygens (including phenoxy) is 1. The smallest absolute Gasteiger partial charge is 0.0586 e. The van der Waals surface area contributed by atoms with Crippen molar-refractivity contribution in [2.24, 2.45) is 0 Å². The van der Waals surface area contributed by atoms with E-state index in [0.717, 1.165) is 0 Å². The van der Waals surface area contributed by atoms with Crippen LogP contribution in [0, 0.1) is 0 Å². The lowest BCUT2D eigenvalue weighted by molar-refractivity contribution is 0.0803. The third-order valence-corrected chi connectivity index (χ3v) is 2.73. The third kappa shape index (κ3) is 2.46. The topological polar surface area (TPSA) is 12.5 Å². The molecule has 0 spiro atoms. The Balaban J connectivity index is 2.41. The fourth-order valence-electron chi connectivity index (χ4n) is 1.68. The summed E-state index contributed by atoms with van der Waals surface area (Å²) in [7, 11) is 4.02. The average molecular weight is 157 g/mol. The van der Waals surface area contributed by atoms with Gasteiger partial charge in [-0.05, 0) is 39.8 Å². The van der Waals surface area contributed by atoms with Gasteiger partial charge < -0.3 is 9.64 Å². The summed E-state index contributed by atoms with van der Waals surface area (Å²) in [6.07, 6.45) is 4.19. The molecule has 1 aliphatic heterocycles. The van der Waals surface area contributed by atoms with Crippen LogP contribution in [-0.4, -0.2) is 37.7 Å². The lowest BCUT2D eigenvalue weighted by Crippen LogP contribution is -2.29. The molecule has 1 fully saturated rings. The molecule has 2 nitrogen and oxygen atoms in total. The molecule has 0 N–H and O–H groups in total. The molecule has 0 saturated carbocycles. The predicted octanol–water partition coefficient (Wildman–Crippen LogP) is 1.51. The first-order valence-electron chi connectivity index (χ1n) is 4.47. The Bertz CT molecular complexity index is 116. The summed E-state index contributed by atoms with van der Waals surface area (Å²) in [6.45, 7) is 3.50. The van der Waals surface area contributed by atoms with E-state index in [1.807, 2.05) is 7.11 Å². The molecule has 1 aliphatic rings. The molecule has 0 radical (unpaired) electrons. The Labute approximate surface area is 69.5 Å². The quantitative estimate of drug-likeness (QED) is 0.572. The first kappa shape index (κ1) is 9.01. The van der Waals surface area contributed by atoms with E-state index in [0.29, 0.717) is 12.1 Å². The molecule has 66 valence electrons. The highest BCUT2D eigenvalue weighted by Crippen LogP contribution is 2.17. The number of nitrogens with zero attached hydrogens (tertiary/aromatic N) is 1.